The smallest absolute Gasteiger partial charge is 0.408 e. The summed E-state index contributed by atoms with van der Waals surface area (Å²) in [5, 5.41) is 9.70. The van der Waals surface area contributed by atoms with Gasteiger partial charge in [-0.05, 0) is 18.2 Å². The number of rotatable bonds is 4. The van der Waals surface area contributed by atoms with Crippen LogP contribution in [0.2, 0.25) is 0 Å². The molecule has 0 fully saturated rings. The first-order chi connectivity index (χ1) is 9.40. The number of nitrogens with two attached hydrogens (primary N) is 1. The van der Waals surface area contributed by atoms with Crippen molar-refractivity contribution < 1.29 is 22.0 Å². The van der Waals surface area contributed by atoms with Gasteiger partial charge in [0, 0.05) is 18.7 Å². The largest absolute Gasteiger partial charge is 0.419 e. The lowest BCUT2D eigenvalue weighted by molar-refractivity contribution is -0.139. The molecule has 0 amide bonds. The summed E-state index contributed by atoms with van der Waals surface area (Å²) in [7, 11) is 0. The van der Waals surface area contributed by atoms with Crippen molar-refractivity contribution in [1.82, 2.24) is 10.2 Å². The maximum Gasteiger partial charge on any atom is 0.419 e. The zero-order chi connectivity index (χ0) is 14.8. The van der Waals surface area contributed by atoms with E-state index in [0.717, 1.165) is 6.07 Å². The Labute approximate surface area is 110 Å². The molecule has 0 spiro atoms. The number of nitrogens with zero attached hydrogens (tertiary/aromatic N) is 2. The van der Waals surface area contributed by atoms with Gasteiger partial charge in [0.2, 0.25) is 5.89 Å². The van der Waals surface area contributed by atoms with Gasteiger partial charge in [0.05, 0.1) is 5.56 Å². The normalized spacial score (nSPS) is 11.7. The second-order valence-corrected chi connectivity index (χ2v) is 3.86. The molecular weight excluding hydrogens is 280 g/mol. The van der Waals surface area contributed by atoms with Gasteiger partial charge in [0.15, 0.2) is 0 Å². The summed E-state index contributed by atoms with van der Waals surface area (Å²) >= 11 is 0. The van der Waals surface area contributed by atoms with E-state index in [2.05, 4.69) is 15.5 Å². The summed E-state index contributed by atoms with van der Waals surface area (Å²) in [4.78, 5) is 0. The lowest BCUT2D eigenvalue weighted by Gasteiger charge is -2.09. The molecule has 0 aliphatic rings. The SMILES string of the molecule is NCCc1nnc(Nc2ccc(F)c(C(F)(F)F)c2)o1. The number of alkyl halides is 3. The predicted molar refractivity (Wildman–Crippen MR) is 61.7 cm³/mol. The van der Waals surface area contributed by atoms with Crippen molar-refractivity contribution in [2.45, 2.75) is 12.6 Å². The van der Waals surface area contributed by atoms with Crippen LogP contribution >= 0.6 is 0 Å². The van der Waals surface area contributed by atoms with E-state index in [9.17, 15) is 17.6 Å². The van der Waals surface area contributed by atoms with E-state index in [0.29, 0.717) is 25.1 Å². The molecule has 0 unspecified atom stereocenters. The third kappa shape index (κ3) is 3.23. The van der Waals surface area contributed by atoms with Crippen LogP contribution in [0.3, 0.4) is 0 Å². The topological polar surface area (TPSA) is 77.0 Å². The fourth-order valence-corrected chi connectivity index (χ4v) is 1.47. The number of nitrogens with one attached hydrogen (secondary N) is 1. The van der Waals surface area contributed by atoms with Gasteiger partial charge in [-0.2, -0.15) is 13.2 Å². The highest BCUT2D eigenvalue weighted by Crippen LogP contribution is 2.33. The molecule has 1 heterocycles. The van der Waals surface area contributed by atoms with Crippen molar-refractivity contribution in [1.29, 1.82) is 0 Å². The Morgan fingerprint density at radius 3 is 2.65 bits per heavy atom. The molecule has 9 heteroatoms. The number of halogens is 4. The van der Waals surface area contributed by atoms with Crippen molar-refractivity contribution in [3.8, 4) is 0 Å². The molecule has 0 aliphatic carbocycles. The molecule has 5 nitrogen and oxygen atoms in total. The first-order valence-electron chi connectivity index (χ1n) is 5.56. The van der Waals surface area contributed by atoms with Crippen molar-refractivity contribution >= 4 is 11.7 Å². The monoisotopic (exact) mass is 290 g/mol. The van der Waals surface area contributed by atoms with E-state index < -0.39 is 17.6 Å². The van der Waals surface area contributed by atoms with Crippen LogP contribution in [0.1, 0.15) is 11.5 Å². The fraction of sp³-hybridized carbons (Fsp3) is 0.273. The number of aromatic nitrogens is 2. The van der Waals surface area contributed by atoms with Crippen LogP contribution in [0.4, 0.5) is 29.3 Å². The maximum atomic E-state index is 13.1. The summed E-state index contributed by atoms with van der Waals surface area (Å²) in [6.07, 6.45) is -4.42. The van der Waals surface area contributed by atoms with Crippen molar-refractivity contribution in [3.05, 3.63) is 35.5 Å². The van der Waals surface area contributed by atoms with Gasteiger partial charge in [-0.15, -0.1) is 5.10 Å². The van der Waals surface area contributed by atoms with Crippen LogP contribution in [0, 0.1) is 5.82 Å². The van der Waals surface area contributed by atoms with Crippen LogP contribution in [0.5, 0.6) is 0 Å². The van der Waals surface area contributed by atoms with E-state index >= 15 is 0 Å². The minimum Gasteiger partial charge on any atom is -0.408 e. The van der Waals surface area contributed by atoms with Crippen molar-refractivity contribution in [2.24, 2.45) is 5.73 Å². The Hall–Kier alpha value is -2.16. The van der Waals surface area contributed by atoms with Gasteiger partial charge in [-0.3, -0.25) is 0 Å². The maximum absolute atomic E-state index is 13.1. The molecular formula is C11H10F4N4O. The van der Waals surface area contributed by atoms with Crippen LogP contribution in [-0.4, -0.2) is 16.7 Å². The minimum absolute atomic E-state index is 0.0123. The van der Waals surface area contributed by atoms with Crippen molar-refractivity contribution in [2.75, 3.05) is 11.9 Å². The molecule has 1 aromatic carbocycles. The zero-order valence-corrected chi connectivity index (χ0v) is 10.0. The second kappa shape index (κ2) is 5.45. The van der Waals surface area contributed by atoms with Crippen molar-refractivity contribution in [3.63, 3.8) is 0 Å². The third-order valence-electron chi connectivity index (χ3n) is 2.35. The van der Waals surface area contributed by atoms with Crippen LogP contribution < -0.4 is 11.1 Å². The van der Waals surface area contributed by atoms with Gasteiger partial charge >= 0.3 is 12.2 Å². The Kier molecular flexibility index (Phi) is 3.89. The summed E-state index contributed by atoms with van der Waals surface area (Å²) in [6.45, 7) is 0.302. The lowest BCUT2D eigenvalue weighted by Crippen LogP contribution is -2.08. The van der Waals surface area contributed by atoms with E-state index in [-0.39, 0.29) is 17.6 Å². The molecule has 0 aliphatic heterocycles. The summed E-state index contributed by atoms with van der Waals surface area (Å²) in [5.74, 6) is -1.09. The molecule has 2 rings (SSSR count). The minimum atomic E-state index is -4.78. The van der Waals surface area contributed by atoms with Crippen LogP contribution in [0.15, 0.2) is 22.6 Å². The van der Waals surface area contributed by atoms with Gasteiger partial charge in [0.1, 0.15) is 5.82 Å². The Bertz CT molecular complexity index is 596. The quantitative estimate of drug-likeness (QED) is 0.846. The molecule has 108 valence electrons. The van der Waals surface area contributed by atoms with Gasteiger partial charge < -0.3 is 15.5 Å². The molecule has 3 N–H and O–H groups in total. The van der Waals surface area contributed by atoms with Crippen LogP contribution in [0.25, 0.3) is 0 Å². The van der Waals surface area contributed by atoms with E-state index in [1.165, 1.54) is 0 Å². The van der Waals surface area contributed by atoms with Gasteiger partial charge in [-0.25, -0.2) is 4.39 Å². The zero-order valence-electron chi connectivity index (χ0n) is 10.0. The molecule has 0 bridgehead atoms. The molecule has 20 heavy (non-hydrogen) atoms. The Morgan fingerprint density at radius 2 is 2.00 bits per heavy atom. The fourth-order valence-electron chi connectivity index (χ4n) is 1.47. The number of anilines is 2. The molecule has 0 saturated heterocycles. The standard InChI is InChI=1S/C11H10F4N4O/c12-8-2-1-6(5-7(8)11(13,14)15)17-10-19-18-9(20-10)3-4-16/h1-2,5H,3-4,16H2,(H,17,19). The first kappa shape index (κ1) is 14.3. The number of hydrogen-bond acceptors (Lipinski definition) is 5. The van der Waals surface area contributed by atoms with E-state index in [4.69, 9.17) is 10.2 Å². The number of hydrogen-bond donors (Lipinski definition) is 2. The predicted octanol–water partition coefficient (Wildman–Crippen LogP) is 2.47. The Morgan fingerprint density at radius 1 is 1.25 bits per heavy atom. The molecule has 0 saturated carbocycles. The molecule has 1 aromatic heterocycles. The van der Waals surface area contributed by atoms with Gasteiger partial charge in [0.25, 0.3) is 0 Å². The third-order valence-corrected chi connectivity index (χ3v) is 2.35. The summed E-state index contributed by atoms with van der Waals surface area (Å²) < 4.78 is 55.8. The second-order valence-electron chi connectivity index (χ2n) is 3.86. The van der Waals surface area contributed by atoms with Crippen LogP contribution in [-0.2, 0) is 12.6 Å². The average molecular weight is 290 g/mol. The molecule has 0 radical (unpaired) electrons. The lowest BCUT2D eigenvalue weighted by atomic mass is 10.2. The summed E-state index contributed by atoms with van der Waals surface area (Å²) in [6, 6.07) is 2.38. The average Bonchev–Trinajstić information content (AvgIpc) is 2.78. The first-order valence-corrected chi connectivity index (χ1v) is 5.56. The number of benzene rings is 1. The molecule has 0 atom stereocenters. The Balaban J connectivity index is 2.21. The highest BCUT2D eigenvalue weighted by Gasteiger charge is 2.34. The van der Waals surface area contributed by atoms with E-state index in [1.54, 1.807) is 0 Å². The highest BCUT2D eigenvalue weighted by atomic mass is 19.4. The molecule has 2 aromatic rings. The van der Waals surface area contributed by atoms with E-state index in [1.807, 2.05) is 0 Å². The highest BCUT2D eigenvalue weighted by molar-refractivity contribution is 5.53. The van der Waals surface area contributed by atoms with Gasteiger partial charge in [-0.1, -0.05) is 5.10 Å². The summed E-state index contributed by atoms with van der Waals surface area (Å²) in [5.41, 5.74) is 3.91.